The Bertz CT molecular complexity index is 867. The van der Waals surface area contributed by atoms with Crippen molar-refractivity contribution >= 4 is 16.6 Å². The minimum atomic E-state index is -1.21. The molecule has 0 radical (unpaired) electrons. The van der Waals surface area contributed by atoms with Gasteiger partial charge in [0.25, 0.3) is 5.69 Å². The predicted molar refractivity (Wildman–Crippen MR) is 78.9 cm³/mol. The van der Waals surface area contributed by atoms with E-state index in [0.717, 1.165) is 0 Å². The number of aliphatic hydroxyl groups is 1. The van der Waals surface area contributed by atoms with Crippen LogP contribution in [0.1, 0.15) is 17.2 Å². The molecule has 22 heavy (non-hydrogen) atoms. The van der Waals surface area contributed by atoms with E-state index in [0.29, 0.717) is 10.9 Å². The van der Waals surface area contributed by atoms with Crippen molar-refractivity contribution in [1.29, 1.82) is 0 Å². The molecule has 1 unspecified atom stereocenters. The van der Waals surface area contributed by atoms with Gasteiger partial charge in [0.1, 0.15) is 17.4 Å². The van der Waals surface area contributed by atoms with Gasteiger partial charge in [-0.15, -0.1) is 0 Å². The first kappa shape index (κ1) is 14.1. The van der Waals surface area contributed by atoms with Crippen molar-refractivity contribution in [2.45, 2.75) is 6.10 Å². The number of aromatic nitrogens is 1. The molecule has 6 heteroatoms. The van der Waals surface area contributed by atoms with Crippen LogP contribution in [0.3, 0.4) is 0 Å². The molecule has 1 atom stereocenters. The molecule has 0 fully saturated rings. The van der Waals surface area contributed by atoms with Crippen LogP contribution < -0.4 is 0 Å². The molecular weight excluding hydrogens is 287 g/mol. The number of nitro benzene ring substituents is 1. The zero-order valence-corrected chi connectivity index (χ0v) is 11.3. The summed E-state index contributed by atoms with van der Waals surface area (Å²) in [5.41, 5.74) is 0.563. The molecule has 0 saturated carbocycles. The normalized spacial score (nSPS) is 12.3. The fraction of sp³-hybridized carbons (Fsp3) is 0.0625. The second-order valence-corrected chi connectivity index (χ2v) is 4.80. The van der Waals surface area contributed by atoms with Crippen molar-refractivity contribution in [2.24, 2.45) is 0 Å². The maximum absolute atomic E-state index is 13.6. The second kappa shape index (κ2) is 5.50. The number of nitrogens with zero attached hydrogens (tertiary/aromatic N) is 2. The van der Waals surface area contributed by atoms with E-state index < -0.39 is 16.8 Å². The Labute approximate surface area is 124 Å². The van der Waals surface area contributed by atoms with Gasteiger partial charge in [-0.25, -0.2) is 4.39 Å². The highest BCUT2D eigenvalue weighted by Gasteiger charge is 2.21. The monoisotopic (exact) mass is 298 g/mol. The van der Waals surface area contributed by atoms with Crippen LogP contribution in [0, 0.1) is 15.9 Å². The Morgan fingerprint density at radius 2 is 1.95 bits per heavy atom. The van der Waals surface area contributed by atoms with Crippen molar-refractivity contribution in [3.05, 3.63) is 81.8 Å². The maximum atomic E-state index is 13.6. The molecule has 5 nitrogen and oxygen atoms in total. The first-order valence-electron chi connectivity index (χ1n) is 6.53. The van der Waals surface area contributed by atoms with Crippen molar-refractivity contribution in [3.63, 3.8) is 0 Å². The minimum absolute atomic E-state index is 0.171. The Morgan fingerprint density at radius 1 is 1.18 bits per heavy atom. The molecule has 0 amide bonds. The fourth-order valence-electron chi connectivity index (χ4n) is 2.35. The zero-order chi connectivity index (χ0) is 15.7. The lowest BCUT2D eigenvalue weighted by Gasteiger charge is -2.12. The summed E-state index contributed by atoms with van der Waals surface area (Å²) < 4.78 is 13.6. The van der Waals surface area contributed by atoms with E-state index in [9.17, 15) is 19.6 Å². The van der Waals surface area contributed by atoms with Crippen LogP contribution in [-0.2, 0) is 0 Å². The average Bonchev–Trinajstić information content (AvgIpc) is 2.54. The Balaban J connectivity index is 2.10. The van der Waals surface area contributed by atoms with Crippen LogP contribution in [0.5, 0.6) is 0 Å². The van der Waals surface area contributed by atoms with Crippen LogP contribution in [0.2, 0.25) is 0 Å². The summed E-state index contributed by atoms with van der Waals surface area (Å²) in [4.78, 5) is 14.5. The first-order chi connectivity index (χ1) is 10.6. The maximum Gasteiger partial charge on any atom is 0.275 e. The molecule has 1 N–H and O–H groups in total. The van der Waals surface area contributed by atoms with Gasteiger partial charge in [0.15, 0.2) is 0 Å². The van der Waals surface area contributed by atoms with Gasteiger partial charge in [0, 0.05) is 23.2 Å². The number of hydrogen-bond acceptors (Lipinski definition) is 4. The molecule has 1 aromatic heterocycles. The molecule has 2 aromatic carbocycles. The number of rotatable bonds is 3. The smallest absolute Gasteiger partial charge is 0.275 e. The van der Waals surface area contributed by atoms with E-state index in [-0.39, 0.29) is 16.8 Å². The lowest BCUT2D eigenvalue weighted by molar-refractivity contribution is -0.386. The van der Waals surface area contributed by atoms with Crippen LogP contribution in [-0.4, -0.2) is 15.0 Å². The third-order valence-corrected chi connectivity index (χ3v) is 3.43. The second-order valence-electron chi connectivity index (χ2n) is 4.80. The van der Waals surface area contributed by atoms with Gasteiger partial charge in [-0.1, -0.05) is 24.3 Å². The van der Waals surface area contributed by atoms with Crippen molar-refractivity contribution < 1.29 is 14.4 Å². The van der Waals surface area contributed by atoms with E-state index >= 15 is 0 Å². The number of nitro groups is 1. The van der Waals surface area contributed by atoms with Crippen LogP contribution in [0.25, 0.3) is 10.9 Å². The number of hydrogen-bond donors (Lipinski definition) is 1. The largest absolute Gasteiger partial charge is 0.383 e. The lowest BCUT2D eigenvalue weighted by Crippen LogP contribution is -2.04. The fourth-order valence-corrected chi connectivity index (χ4v) is 2.35. The van der Waals surface area contributed by atoms with E-state index in [4.69, 9.17) is 0 Å². The van der Waals surface area contributed by atoms with Crippen LogP contribution in [0.15, 0.2) is 54.7 Å². The topological polar surface area (TPSA) is 76.3 Å². The minimum Gasteiger partial charge on any atom is -0.383 e. The van der Waals surface area contributed by atoms with Gasteiger partial charge >= 0.3 is 0 Å². The van der Waals surface area contributed by atoms with Gasteiger partial charge in [-0.3, -0.25) is 15.1 Å². The standard InChI is InChI=1S/C16H11FN2O3/c17-13-6-3-4-10-8-11(9-18-15(10)13)16(20)12-5-1-2-7-14(12)19(21)22/h1-9,16,20H. The summed E-state index contributed by atoms with van der Waals surface area (Å²) in [5, 5.41) is 22.0. The van der Waals surface area contributed by atoms with Gasteiger partial charge in [-0.05, 0) is 18.2 Å². The molecule has 1 heterocycles. The summed E-state index contributed by atoms with van der Waals surface area (Å²) >= 11 is 0. The molecule has 0 aliphatic rings. The van der Waals surface area contributed by atoms with E-state index in [1.165, 1.54) is 30.5 Å². The van der Waals surface area contributed by atoms with Crippen LogP contribution >= 0.6 is 0 Å². The van der Waals surface area contributed by atoms with Gasteiger partial charge in [-0.2, -0.15) is 0 Å². The lowest BCUT2D eigenvalue weighted by atomic mass is 10.00. The molecular formula is C16H11FN2O3. The molecule has 3 rings (SSSR count). The van der Waals surface area contributed by atoms with E-state index in [2.05, 4.69) is 4.98 Å². The molecule has 110 valence electrons. The molecule has 0 saturated heterocycles. The summed E-state index contributed by atoms with van der Waals surface area (Å²) in [6.07, 6.45) is 0.119. The van der Waals surface area contributed by atoms with E-state index in [1.807, 2.05) is 0 Å². The molecule has 0 bridgehead atoms. The SMILES string of the molecule is O=[N+]([O-])c1ccccc1C(O)c1cnc2c(F)cccc2c1. The number of halogens is 1. The van der Waals surface area contributed by atoms with Crippen molar-refractivity contribution in [2.75, 3.05) is 0 Å². The third-order valence-electron chi connectivity index (χ3n) is 3.43. The van der Waals surface area contributed by atoms with Crippen LogP contribution in [0.4, 0.5) is 10.1 Å². The first-order valence-corrected chi connectivity index (χ1v) is 6.53. The number of pyridine rings is 1. The number of para-hydroxylation sites is 2. The zero-order valence-electron chi connectivity index (χ0n) is 11.3. The summed E-state index contributed by atoms with van der Waals surface area (Å²) in [7, 11) is 0. The Hall–Kier alpha value is -2.86. The highest BCUT2D eigenvalue weighted by Crippen LogP contribution is 2.30. The summed E-state index contributed by atoms with van der Waals surface area (Å²) in [5.74, 6) is -0.454. The number of benzene rings is 2. The summed E-state index contributed by atoms with van der Waals surface area (Å²) in [6.45, 7) is 0. The molecule has 0 aliphatic heterocycles. The summed E-state index contributed by atoms with van der Waals surface area (Å²) in [6, 6.07) is 12.0. The predicted octanol–water partition coefficient (Wildman–Crippen LogP) is 3.36. The van der Waals surface area contributed by atoms with Gasteiger partial charge in [0.05, 0.1) is 10.5 Å². The van der Waals surface area contributed by atoms with Gasteiger partial charge in [0.2, 0.25) is 0 Å². The highest BCUT2D eigenvalue weighted by molar-refractivity contribution is 5.79. The van der Waals surface area contributed by atoms with Crippen molar-refractivity contribution in [3.8, 4) is 0 Å². The third kappa shape index (κ3) is 2.40. The Kier molecular flexibility index (Phi) is 3.52. The number of aliphatic hydroxyl groups excluding tert-OH is 1. The quantitative estimate of drug-likeness (QED) is 0.594. The van der Waals surface area contributed by atoms with Crippen molar-refractivity contribution in [1.82, 2.24) is 4.98 Å². The molecule has 3 aromatic rings. The average molecular weight is 298 g/mol. The van der Waals surface area contributed by atoms with E-state index in [1.54, 1.807) is 24.3 Å². The molecule has 0 aliphatic carbocycles. The molecule has 0 spiro atoms. The highest BCUT2D eigenvalue weighted by atomic mass is 19.1. The number of fused-ring (bicyclic) bond motifs is 1. The Morgan fingerprint density at radius 3 is 2.73 bits per heavy atom. The van der Waals surface area contributed by atoms with Gasteiger partial charge < -0.3 is 5.11 Å².